The molecule has 4 rings (SSSR count). The van der Waals surface area contributed by atoms with Gasteiger partial charge in [-0.25, -0.2) is 0 Å². The summed E-state index contributed by atoms with van der Waals surface area (Å²) < 4.78 is 10.6. The van der Waals surface area contributed by atoms with Crippen molar-refractivity contribution >= 4 is 5.71 Å². The van der Waals surface area contributed by atoms with Gasteiger partial charge in [0.1, 0.15) is 11.5 Å². The summed E-state index contributed by atoms with van der Waals surface area (Å²) in [4.78, 5) is 0. The van der Waals surface area contributed by atoms with Crippen LogP contribution in [-0.4, -0.2) is 25.1 Å². The molecule has 2 N–H and O–H groups in total. The summed E-state index contributed by atoms with van der Waals surface area (Å²) in [5.41, 5.74) is 4.12. The number of piperidine rings is 1. The first kappa shape index (κ1) is 20.0. The lowest BCUT2D eigenvalue weighted by molar-refractivity contribution is 0.302. The van der Waals surface area contributed by atoms with Crippen LogP contribution in [0.4, 0.5) is 0 Å². The van der Waals surface area contributed by atoms with Gasteiger partial charge in [-0.05, 0) is 41.0 Å². The monoisotopic (exact) mass is 402 g/mol. The average molecular weight is 402 g/mol. The average Bonchev–Trinajstić information content (AvgIpc) is 2.84. The van der Waals surface area contributed by atoms with Gasteiger partial charge in [0, 0.05) is 24.4 Å². The highest BCUT2D eigenvalue weighted by Crippen LogP contribution is 2.41. The van der Waals surface area contributed by atoms with E-state index in [9.17, 15) is 5.21 Å². The summed E-state index contributed by atoms with van der Waals surface area (Å²) in [5.74, 6) is 1.56. The van der Waals surface area contributed by atoms with Crippen molar-refractivity contribution in [1.29, 1.82) is 0 Å². The van der Waals surface area contributed by atoms with Gasteiger partial charge in [-0.15, -0.1) is 0 Å². The number of rotatable bonds is 5. The number of ether oxygens (including phenoxy) is 2. The van der Waals surface area contributed by atoms with Gasteiger partial charge in [0.2, 0.25) is 0 Å². The van der Waals surface area contributed by atoms with Crippen molar-refractivity contribution < 1.29 is 14.7 Å². The highest BCUT2D eigenvalue weighted by Gasteiger charge is 2.37. The molecule has 0 aliphatic carbocycles. The Bertz CT molecular complexity index is 985. The third-order valence-electron chi connectivity index (χ3n) is 5.77. The molecular weight excluding hydrogens is 376 g/mol. The topological polar surface area (TPSA) is 63.1 Å². The maximum Gasteiger partial charge on any atom is 0.118 e. The van der Waals surface area contributed by atoms with Gasteiger partial charge in [0.25, 0.3) is 0 Å². The van der Waals surface area contributed by atoms with Gasteiger partial charge in [-0.1, -0.05) is 59.8 Å². The predicted octanol–water partition coefficient (Wildman–Crippen LogP) is 5.09. The van der Waals surface area contributed by atoms with Crippen molar-refractivity contribution in [3.63, 3.8) is 0 Å². The van der Waals surface area contributed by atoms with Crippen molar-refractivity contribution in [2.45, 2.75) is 24.4 Å². The van der Waals surface area contributed by atoms with E-state index in [4.69, 9.17) is 9.47 Å². The van der Waals surface area contributed by atoms with Crippen LogP contribution in [0.3, 0.4) is 0 Å². The zero-order chi connectivity index (χ0) is 20.9. The Morgan fingerprint density at radius 3 is 1.87 bits per heavy atom. The zero-order valence-corrected chi connectivity index (χ0v) is 17.2. The summed E-state index contributed by atoms with van der Waals surface area (Å²) in [5, 5.41) is 17.5. The molecule has 5 nitrogen and oxygen atoms in total. The molecule has 3 unspecified atom stereocenters. The van der Waals surface area contributed by atoms with Crippen molar-refractivity contribution in [2.75, 3.05) is 14.2 Å². The van der Waals surface area contributed by atoms with Crippen LogP contribution in [0, 0.1) is 0 Å². The molecule has 0 aromatic heterocycles. The molecule has 154 valence electrons. The van der Waals surface area contributed by atoms with E-state index in [1.54, 1.807) is 14.2 Å². The second-order valence-electron chi connectivity index (χ2n) is 7.43. The van der Waals surface area contributed by atoms with Crippen LogP contribution in [0.5, 0.6) is 11.5 Å². The van der Waals surface area contributed by atoms with Crippen molar-refractivity contribution in [1.82, 2.24) is 5.32 Å². The Morgan fingerprint density at radius 1 is 0.767 bits per heavy atom. The van der Waals surface area contributed by atoms with E-state index in [1.165, 1.54) is 0 Å². The molecule has 0 amide bonds. The van der Waals surface area contributed by atoms with Gasteiger partial charge >= 0.3 is 0 Å². The molecule has 0 spiro atoms. The lowest BCUT2D eigenvalue weighted by atomic mass is 9.77. The minimum absolute atomic E-state index is 0.0221. The Labute approximate surface area is 177 Å². The molecule has 1 saturated heterocycles. The number of oxime groups is 1. The molecule has 1 aliphatic rings. The molecule has 1 fully saturated rings. The van der Waals surface area contributed by atoms with Crippen LogP contribution in [0.15, 0.2) is 84.0 Å². The van der Waals surface area contributed by atoms with Gasteiger partial charge < -0.3 is 20.0 Å². The van der Waals surface area contributed by atoms with Crippen LogP contribution in [-0.2, 0) is 0 Å². The first-order valence-electron chi connectivity index (χ1n) is 10.0. The van der Waals surface area contributed by atoms with Crippen LogP contribution >= 0.6 is 0 Å². The molecule has 3 atom stereocenters. The minimum Gasteiger partial charge on any atom is -0.497 e. The van der Waals surface area contributed by atoms with E-state index >= 15 is 0 Å². The van der Waals surface area contributed by atoms with E-state index in [2.05, 4.69) is 46.9 Å². The number of hydrogen-bond acceptors (Lipinski definition) is 5. The van der Waals surface area contributed by atoms with E-state index in [-0.39, 0.29) is 18.0 Å². The first-order chi connectivity index (χ1) is 14.7. The van der Waals surface area contributed by atoms with Crippen LogP contribution in [0.2, 0.25) is 0 Å². The Kier molecular flexibility index (Phi) is 6.00. The zero-order valence-electron chi connectivity index (χ0n) is 17.2. The summed E-state index contributed by atoms with van der Waals surface area (Å²) >= 11 is 0. The van der Waals surface area contributed by atoms with Crippen LogP contribution in [0.25, 0.3) is 0 Å². The largest absolute Gasteiger partial charge is 0.497 e. The lowest BCUT2D eigenvalue weighted by Crippen LogP contribution is -2.41. The number of nitrogens with zero attached hydrogens (tertiary/aromatic N) is 1. The van der Waals surface area contributed by atoms with Gasteiger partial charge in [-0.3, -0.25) is 0 Å². The number of hydrogen-bond donors (Lipinski definition) is 2. The second kappa shape index (κ2) is 9.01. The fourth-order valence-electron chi connectivity index (χ4n) is 4.20. The molecule has 1 aliphatic heterocycles. The molecule has 0 bridgehead atoms. The normalized spacial score (nSPS) is 22.6. The number of nitrogens with one attached hydrogen (secondary N) is 1. The third-order valence-corrected chi connectivity index (χ3v) is 5.77. The fourth-order valence-corrected chi connectivity index (χ4v) is 4.20. The molecule has 5 heteroatoms. The van der Waals surface area contributed by atoms with Crippen molar-refractivity contribution in [3.8, 4) is 11.5 Å². The van der Waals surface area contributed by atoms with Gasteiger partial charge in [0.15, 0.2) is 0 Å². The summed E-state index contributed by atoms with van der Waals surface area (Å²) in [6.07, 6.45) is 0.620. The maximum atomic E-state index is 9.94. The Balaban J connectivity index is 1.74. The Hall–Kier alpha value is -3.31. The SMILES string of the molecule is COc1ccc(C2C/C(=N\O)C(c3ccccc3)C(c3ccc(OC)cc3)N2)cc1. The quantitative estimate of drug-likeness (QED) is 0.461. The molecule has 0 saturated carbocycles. The van der Waals surface area contributed by atoms with Gasteiger partial charge in [-0.2, -0.15) is 0 Å². The lowest BCUT2D eigenvalue weighted by Gasteiger charge is -2.39. The predicted molar refractivity (Wildman–Crippen MR) is 118 cm³/mol. The van der Waals surface area contributed by atoms with Gasteiger partial charge in [0.05, 0.1) is 19.9 Å². The van der Waals surface area contributed by atoms with Crippen molar-refractivity contribution in [3.05, 3.63) is 95.6 Å². The molecular formula is C25H26N2O3. The van der Waals surface area contributed by atoms with E-state index < -0.39 is 0 Å². The van der Waals surface area contributed by atoms with Crippen LogP contribution < -0.4 is 14.8 Å². The highest BCUT2D eigenvalue weighted by molar-refractivity contribution is 5.93. The summed E-state index contributed by atoms with van der Waals surface area (Å²) in [6, 6.07) is 26.3. The Morgan fingerprint density at radius 2 is 1.33 bits per heavy atom. The number of methoxy groups -OCH3 is 2. The highest BCUT2D eigenvalue weighted by atomic mass is 16.5. The molecule has 0 radical (unpaired) electrons. The molecule has 1 heterocycles. The molecule has 3 aromatic carbocycles. The standard InChI is InChI=1S/C25H26N2O3/c1-29-20-12-8-17(9-13-20)22-16-23(27-28)24(18-6-4-3-5-7-18)25(26-22)19-10-14-21(30-2)15-11-19/h3-15,22,24-26,28H,16H2,1-2H3/b27-23+. The van der Waals surface area contributed by atoms with E-state index in [0.29, 0.717) is 6.42 Å². The maximum absolute atomic E-state index is 9.94. The molecule has 3 aromatic rings. The smallest absolute Gasteiger partial charge is 0.118 e. The van der Waals surface area contributed by atoms with E-state index in [0.717, 1.165) is 33.9 Å². The molecule has 30 heavy (non-hydrogen) atoms. The third kappa shape index (κ3) is 4.02. The first-order valence-corrected chi connectivity index (χ1v) is 10.0. The van der Waals surface area contributed by atoms with E-state index in [1.807, 2.05) is 42.5 Å². The fraction of sp³-hybridized carbons (Fsp3) is 0.240. The minimum atomic E-state index is -0.0703. The number of benzene rings is 3. The second-order valence-corrected chi connectivity index (χ2v) is 7.43. The van der Waals surface area contributed by atoms with Crippen LogP contribution in [0.1, 0.15) is 41.1 Å². The summed E-state index contributed by atoms with van der Waals surface area (Å²) in [7, 11) is 3.32. The summed E-state index contributed by atoms with van der Waals surface area (Å²) in [6.45, 7) is 0. The van der Waals surface area contributed by atoms with Crippen molar-refractivity contribution in [2.24, 2.45) is 5.16 Å².